The van der Waals surface area contributed by atoms with Gasteiger partial charge in [0.15, 0.2) is 5.65 Å². The number of nitrogens with one attached hydrogen (secondary N) is 1. The summed E-state index contributed by atoms with van der Waals surface area (Å²) in [4.78, 5) is 8.82. The van der Waals surface area contributed by atoms with Crippen molar-refractivity contribution in [3.05, 3.63) is 24.2 Å². The minimum Gasteiger partial charge on any atom is -0.328 e. The zero-order valence-corrected chi connectivity index (χ0v) is 10.1. The Hall–Kier alpha value is -1.42. The van der Waals surface area contributed by atoms with Crippen LogP contribution in [0.5, 0.6) is 0 Å². The average molecular weight is 218 g/mol. The summed E-state index contributed by atoms with van der Waals surface area (Å²) in [6, 6.07) is 4.25. The fourth-order valence-corrected chi connectivity index (χ4v) is 1.88. The molecule has 0 aliphatic heterocycles. The van der Waals surface area contributed by atoms with Crippen molar-refractivity contribution >= 4 is 11.2 Å². The van der Waals surface area contributed by atoms with Crippen LogP contribution in [0.1, 0.15) is 32.1 Å². The molecule has 2 rings (SSSR count). The molecule has 16 heavy (non-hydrogen) atoms. The molecular weight excluding hydrogens is 200 g/mol. The molecule has 2 aromatic rings. The van der Waals surface area contributed by atoms with E-state index in [0.717, 1.165) is 30.0 Å². The largest absolute Gasteiger partial charge is 0.328 e. The molecule has 4 heteroatoms. The van der Waals surface area contributed by atoms with Crippen LogP contribution in [0, 0.1) is 0 Å². The number of nitrogens with zero attached hydrogens (tertiary/aromatic N) is 3. The lowest BCUT2D eigenvalue weighted by Crippen LogP contribution is -2.22. The molecule has 0 saturated heterocycles. The topological polar surface area (TPSA) is 42.7 Å². The predicted octanol–water partition coefficient (Wildman–Crippen LogP) is 2.03. The van der Waals surface area contributed by atoms with Gasteiger partial charge < -0.3 is 9.88 Å². The van der Waals surface area contributed by atoms with Gasteiger partial charge in [0, 0.05) is 13.2 Å². The lowest BCUT2D eigenvalue weighted by molar-refractivity contribution is 0.532. The summed E-state index contributed by atoms with van der Waals surface area (Å²) < 4.78 is 2.11. The smallest absolute Gasteiger partial charge is 0.177 e. The fraction of sp³-hybridized carbons (Fsp3) is 0.500. The Labute approximate surface area is 95.7 Å². The van der Waals surface area contributed by atoms with E-state index in [4.69, 9.17) is 0 Å². The minimum absolute atomic E-state index is 0.263. The zero-order chi connectivity index (χ0) is 11.5. The van der Waals surface area contributed by atoms with Crippen molar-refractivity contribution in [3.63, 3.8) is 0 Å². The highest BCUT2D eigenvalue weighted by molar-refractivity contribution is 5.71. The van der Waals surface area contributed by atoms with E-state index in [-0.39, 0.29) is 6.04 Å². The van der Waals surface area contributed by atoms with Gasteiger partial charge in [-0.25, -0.2) is 9.97 Å². The third-order valence-corrected chi connectivity index (χ3v) is 2.78. The standard InChI is InChI=1S/C12H18N4/c1-4-7-13-9(2)12-15-11-10(16(12)3)6-5-8-14-11/h5-6,8-9,13H,4,7H2,1-3H3. The van der Waals surface area contributed by atoms with Gasteiger partial charge in [0.25, 0.3) is 0 Å². The zero-order valence-electron chi connectivity index (χ0n) is 10.1. The number of rotatable bonds is 4. The highest BCUT2D eigenvalue weighted by atomic mass is 15.1. The number of imidazole rings is 1. The second-order valence-electron chi connectivity index (χ2n) is 4.05. The molecular formula is C12H18N4. The summed E-state index contributed by atoms with van der Waals surface area (Å²) in [7, 11) is 2.04. The second kappa shape index (κ2) is 4.61. The molecule has 0 saturated carbocycles. The van der Waals surface area contributed by atoms with Gasteiger partial charge >= 0.3 is 0 Å². The summed E-state index contributed by atoms with van der Waals surface area (Å²) in [5.41, 5.74) is 1.91. The summed E-state index contributed by atoms with van der Waals surface area (Å²) in [6.45, 7) is 5.31. The first-order chi connectivity index (χ1) is 7.74. The lowest BCUT2D eigenvalue weighted by atomic mass is 10.3. The molecule has 0 radical (unpaired) electrons. The van der Waals surface area contributed by atoms with E-state index in [9.17, 15) is 0 Å². The van der Waals surface area contributed by atoms with E-state index in [2.05, 4.69) is 33.7 Å². The Morgan fingerprint density at radius 1 is 1.50 bits per heavy atom. The molecule has 86 valence electrons. The number of aromatic nitrogens is 3. The molecule has 2 aromatic heterocycles. The maximum Gasteiger partial charge on any atom is 0.177 e. The molecule has 1 N–H and O–H groups in total. The molecule has 0 spiro atoms. The molecule has 2 heterocycles. The molecule has 1 atom stereocenters. The third-order valence-electron chi connectivity index (χ3n) is 2.78. The Morgan fingerprint density at radius 3 is 3.00 bits per heavy atom. The molecule has 0 bridgehead atoms. The van der Waals surface area contributed by atoms with Gasteiger partial charge in [-0.15, -0.1) is 0 Å². The summed E-state index contributed by atoms with van der Waals surface area (Å²) >= 11 is 0. The minimum atomic E-state index is 0.263. The fourth-order valence-electron chi connectivity index (χ4n) is 1.88. The van der Waals surface area contributed by atoms with Gasteiger partial charge in [-0.2, -0.15) is 0 Å². The molecule has 0 aliphatic rings. The summed E-state index contributed by atoms with van der Waals surface area (Å²) in [5, 5.41) is 3.44. The quantitative estimate of drug-likeness (QED) is 0.853. The number of fused-ring (bicyclic) bond motifs is 1. The summed E-state index contributed by atoms with van der Waals surface area (Å²) in [6.07, 6.45) is 2.91. The predicted molar refractivity (Wildman–Crippen MR) is 65.2 cm³/mol. The first-order valence-electron chi connectivity index (χ1n) is 5.74. The van der Waals surface area contributed by atoms with Crippen molar-refractivity contribution in [2.24, 2.45) is 7.05 Å². The van der Waals surface area contributed by atoms with Crippen LogP contribution in [0.4, 0.5) is 0 Å². The maximum absolute atomic E-state index is 4.55. The van der Waals surface area contributed by atoms with Gasteiger partial charge in [-0.3, -0.25) is 0 Å². The van der Waals surface area contributed by atoms with Crippen LogP contribution in [0.15, 0.2) is 18.3 Å². The second-order valence-corrected chi connectivity index (χ2v) is 4.05. The molecule has 0 fully saturated rings. The Kier molecular flexibility index (Phi) is 3.19. The normalized spacial score (nSPS) is 13.2. The number of hydrogen-bond acceptors (Lipinski definition) is 3. The highest BCUT2D eigenvalue weighted by Crippen LogP contribution is 2.17. The van der Waals surface area contributed by atoms with Crippen molar-refractivity contribution < 1.29 is 0 Å². The van der Waals surface area contributed by atoms with Crippen LogP contribution in [0.2, 0.25) is 0 Å². The van der Waals surface area contributed by atoms with Crippen LogP contribution < -0.4 is 5.32 Å². The number of pyridine rings is 1. The Morgan fingerprint density at radius 2 is 2.31 bits per heavy atom. The van der Waals surface area contributed by atoms with Crippen LogP contribution in [-0.4, -0.2) is 21.1 Å². The van der Waals surface area contributed by atoms with Crippen LogP contribution in [-0.2, 0) is 7.05 Å². The number of hydrogen-bond donors (Lipinski definition) is 1. The maximum atomic E-state index is 4.55. The van der Waals surface area contributed by atoms with Gasteiger partial charge in [0.1, 0.15) is 5.82 Å². The molecule has 0 amide bonds. The first kappa shape index (κ1) is 11.1. The lowest BCUT2D eigenvalue weighted by Gasteiger charge is -2.12. The van der Waals surface area contributed by atoms with E-state index in [0.29, 0.717) is 0 Å². The first-order valence-corrected chi connectivity index (χ1v) is 5.74. The van der Waals surface area contributed by atoms with Crippen molar-refractivity contribution in [1.29, 1.82) is 0 Å². The van der Waals surface area contributed by atoms with Crippen molar-refractivity contribution in [2.45, 2.75) is 26.3 Å². The van der Waals surface area contributed by atoms with Crippen molar-refractivity contribution in [1.82, 2.24) is 19.9 Å². The van der Waals surface area contributed by atoms with Crippen molar-refractivity contribution in [2.75, 3.05) is 6.54 Å². The van der Waals surface area contributed by atoms with Crippen LogP contribution in [0.25, 0.3) is 11.2 Å². The SMILES string of the molecule is CCCNC(C)c1nc2ncccc2n1C. The van der Waals surface area contributed by atoms with Gasteiger partial charge in [0.2, 0.25) is 0 Å². The van der Waals surface area contributed by atoms with Crippen molar-refractivity contribution in [3.8, 4) is 0 Å². The van der Waals surface area contributed by atoms with E-state index in [1.54, 1.807) is 6.20 Å². The van der Waals surface area contributed by atoms with E-state index in [1.807, 2.05) is 19.2 Å². The monoisotopic (exact) mass is 218 g/mol. The van der Waals surface area contributed by atoms with Gasteiger partial charge in [-0.05, 0) is 32.0 Å². The van der Waals surface area contributed by atoms with Gasteiger partial charge in [-0.1, -0.05) is 6.92 Å². The average Bonchev–Trinajstić information content (AvgIpc) is 2.64. The molecule has 0 aromatic carbocycles. The van der Waals surface area contributed by atoms with Gasteiger partial charge in [0.05, 0.1) is 11.6 Å². The van der Waals surface area contributed by atoms with Crippen LogP contribution >= 0.6 is 0 Å². The Bertz CT molecular complexity index is 475. The molecule has 4 nitrogen and oxygen atoms in total. The van der Waals surface area contributed by atoms with Crippen LogP contribution in [0.3, 0.4) is 0 Å². The molecule has 0 aliphatic carbocycles. The molecule has 1 unspecified atom stereocenters. The van der Waals surface area contributed by atoms with E-state index >= 15 is 0 Å². The highest BCUT2D eigenvalue weighted by Gasteiger charge is 2.13. The number of aryl methyl sites for hydroxylation is 1. The van der Waals surface area contributed by atoms with E-state index in [1.165, 1.54) is 0 Å². The Balaban J connectivity index is 2.33. The summed E-state index contributed by atoms with van der Waals surface area (Å²) in [5.74, 6) is 1.04. The third kappa shape index (κ3) is 1.93. The van der Waals surface area contributed by atoms with E-state index < -0.39 is 0 Å².